The molecule has 0 fully saturated rings. The van der Waals surface area contributed by atoms with E-state index in [-0.39, 0.29) is 11.5 Å². The number of aromatic nitrogens is 2. The van der Waals surface area contributed by atoms with Crippen LogP contribution in [0.2, 0.25) is 0 Å². The van der Waals surface area contributed by atoms with Gasteiger partial charge in [0.2, 0.25) is 0 Å². The van der Waals surface area contributed by atoms with Crippen LogP contribution in [0.4, 0.5) is 0 Å². The number of hydrogen-bond acceptors (Lipinski definition) is 5. The van der Waals surface area contributed by atoms with Crippen molar-refractivity contribution in [3.05, 3.63) is 64.2 Å². The summed E-state index contributed by atoms with van der Waals surface area (Å²) in [4.78, 5) is 29.8. The van der Waals surface area contributed by atoms with E-state index in [1.165, 1.54) is 10.9 Å². The fourth-order valence-corrected chi connectivity index (χ4v) is 3.18. The molecule has 0 aliphatic rings. The van der Waals surface area contributed by atoms with E-state index >= 15 is 0 Å². The van der Waals surface area contributed by atoms with Gasteiger partial charge in [0.1, 0.15) is 18.7 Å². The zero-order chi connectivity index (χ0) is 21.5. The van der Waals surface area contributed by atoms with Gasteiger partial charge in [-0.3, -0.25) is 14.2 Å². The first-order valence-corrected chi connectivity index (χ1v) is 10.3. The molecular formula is C23H28N4O3. The molecule has 7 nitrogen and oxygen atoms in total. The molecule has 2 N–H and O–H groups in total. The van der Waals surface area contributed by atoms with Crippen LogP contribution in [0.1, 0.15) is 36.2 Å². The summed E-state index contributed by atoms with van der Waals surface area (Å²) in [6, 6.07) is 10.6. The van der Waals surface area contributed by atoms with E-state index < -0.39 is 0 Å². The predicted octanol–water partition coefficient (Wildman–Crippen LogP) is 2.82. The third kappa shape index (κ3) is 4.86. The zero-order valence-corrected chi connectivity index (χ0v) is 17.7. The number of carbonyl (C=O) groups excluding carboxylic acids is 1. The summed E-state index contributed by atoms with van der Waals surface area (Å²) in [7, 11) is 0. The number of benzene rings is 2. The van der Waals surface area contributed by atoms with Crippen LogP contribution < -0.4 is 20.9 Å². The van der Waals surface area contributed by atoms with Gasteiger partial charge in [-0.05, 0) is 62.7 Å². The van der Waals surface area contributed by atoms with Crippen molar-refractivity contribution in [2.24, 2.45) is 0 Å². The molecule has 2 aromatic carbocycles. The highest BCUT2D eigenvalue weighted by Gasteiger charge is 2.12. The Balaban J connectivity index is 1.94. The van der Waals surface area contributed by atoms with Crippen LogP contribution in [0.5, 0.6) is 5.75 Å². The SMILES string of the molecule is CCCNCCOc1ccc2ncn(-c3cc(C(=O)NCC)ccc3C)c(=O)c2c1. The maximum absolute atomic E-state index is 13.2. The van der Waals surface area contributed by atoms with E-state index in [1.54, 1.807) is 24.3 Å². The van der Waals surface area contributed by atoms with Crippen molar-refractivity contribution in [1.82, 2.24) is 20.2 Å². The molecule has 3 rings (SSSR count). The number of carbonyl (C=O) groups is 1. The standard InChI is InChI=1S/C23H28N4O3/c1-4-10-24-11-12-30-18-8-9-20-19(14-18)23(29)27(15-26-20)21-13-17(7-6-16(21)3)22(28)25-5-2/h6-9,13-15,24H,4-5,10-12H2,1-3H3,(H,25,28). The zero-order valence-electron chi connectivity index (χ0n) is 17.7. The van der Waals surface area contributed by atoms with E-state index in [4.69, 9.17) is 4.74 Å². The number of nitrogens with zero attached hydrogens (tertiary/aromatic N) is 2. The smallest absolute Gasteiger partial charge is 0.265 e. The Hall–Kier alpha value is -3.19. The first-order chi connectivity index (χ1) is 14.5. The van der Waals surface area contributed by atoms with Crippen molar-refractivity contribution < 1.29 is 9.53 Å². The summed E-state index contributed by atoms with van der Waals surface area (Å²) in [5, 5.41) is 6.53. The Morgan fingerprint density at radius 1 is 1.13 bits per heavy atom. The number of ether oxygens (including phenoxy) is 1. The fraction of sp³-hybridized carbons (Fsp3) is 0.348. The number of rotatable bonds is 9. The predicted molar refractivity (Wildman–Crippen MR) is 119 cm³/mol. The Kier molecular flexibility index (Phi) is 7.19. The van der Waals surface area contributed by atoms with Crippen molar-refractivity contribution in [1.29, 1.82) is 0 Å². The molecule has 0 aliphatic carbocycles. The van der Waals surface area contributed by atoms with Crippen LogP contribution in [0, 0.1) is 6.92 Å². The minimum absolute atomic E-state index is 0.173. The first-order valence-electron chi connectivity index (χ1n) is 10.3. The molecule has 0 radical (unpaired) electrons. The van der Waals surface area contributed by atoms with Gasteiger partial charge in [0.15, 0.2) is 0 Å². The van der Waals surface area contributed by atoms with Crippen molar-refractivity contribution in [3.63, 3.8) is 0 Å². The molecule has 0 saturated heterocycles. The van der Waals surface area contributed by atoms with Gasteiger partial charge in [-0.1, -0.05) is 13.0 Å². The summed E-state index contributed by atoms with van der Waals surface area (Å²) in [5.74, 6) is 0.457. The summed E-state index contributed by atoms with van der Waals surface area (Å²) < 4.78 is 7.25. The number of aryl methyl sites for hydroxylation is 1. The molecular weight excluding hydrogens is 380 g/mol. The van der Waals surface area contributed by atoms with Crippen LogP contribution in [-0.4, -0.2) is 41.7 Å². The lowest BCUT2D eigenvalue weighted by Crippen LogP contribution is -2.24. The van der Waals surface area contributed by atoms with E-state index in [0.29, 0.717) is 41.1 Å². The molecule has 1 aromatic heterocycles. The second kappa shape index (κ2) is 10.0. The van der Waals surface area contributed by atoms with E-state index in [1.807, 2.05) is 26.0 Å². The molecule has 7 heteroatoms. The van der Waals surface area contributed by atoms with Crippen LogP contribution in [0.3, 0.4) is 0 Å². The van der Waals surface area contributed by atoms with E-state index in [9.17, 15) is 9.59 Å². The van der Waals surface area contributed by atoms with Gasteiger partial charge in [-0.15, -0.1) is 0 Å². The van der Waals surface area contributed by atoms with Crippen molar-refractivity contribution in [2.45, 2.75) is 27.2 Å². The van der Waals surface area contributed by atoms with Crippen molar-refractivity contribution >= 4 is 16.8 Å². The molecule has 30 heavy (non-hydrogen) atoms. The fourth-order valence-electron chi connectivity index (χ4n) is 3.18. The molecule has 1 heterocycles. The van der Waals surface area contributed by atoms with Gasteiger partial charge >= 0.3 is 0 Å². The van der Waals surface area contributed by atoms with Crippen LogP contribution in [-0.2, 0) is 0 Å². The summed E-state index contributed by atoms with van der Waals surface area (Å²) in [5.41, 5.74) is 2.41. The minimum Gasteiger partial charge on any atom is -0.492 e. The normalized spacial score (nSPS) is 10.9. The Morgan fingerprint density at radius 3 is 2.73 bits per heavy atom. The number of fused-ring (bicyclic) bond motifs is 1. The van der Waals surface area contributed by atoms with E-state index in [0.717, 1.165) is 25.1 Å². The van der Waals surface area contributed by atoms with Gasteiger partial charge < -0.3 is 15.4 Å². The Bertz CT molecular complexity index is 1090. The molecule has 0 atom stereocenters. The molecule has 3 aromatic rings. The van der Waals surface area contributed by atoms with Crippen molar-refractivity contribution in [2.75, 3.05) is 26.2 Å². The Morgan fingerprint density at radius 2 is 1.97 bits per heavy atom. The number of amides is 1. The third-order valence-electron chi connectivity index (χ3n) is 4.77. The Labute approximate surface area is 176 Å². The minimum atomic E-state index is -0.203. The number of hydrogen-bond donors (Lipinski definition) is 2. The van der Waals surface area contributed by atoms with Gasteiger partial charge in [0.05, 0.1) is 16.6 Å². The molecule has 1 amide bonds. The highest BCUT2D eigenvalue weighted by atomic mass is 16.5. The topological polar surface area (TPSA) is 85.2 Å². The molecule has 158 valence electrons. The van der Waals surface area contributed by atoms with Crippen LogP contribution >= 0.6 is 0 Å². The van der Waals surface area contributed by atoms with Gasteiger partial charge in [0.25, 0.3) is 11.5 Å². The highest BCUT2D eigenvalue weighted by Crippen LogP contribution is 2.19. The van der Waals surface area contributed by atoms with E-state index in [2.05, 4.69) is 22.5 Å². The molecule has 0 spiro atoms. The third-order valence-corrected chi connectivity index (χ3v) is 4.77. The quantitative estimate of drug-likeness (QED) is 0.532. The van der Waals surface area contributed by atoms with Gasteiger partial charge in [0, 0.05) is 18.7 Å². The maximum Gasteiger partial charge on any atom is 0.265 e. The first kappa shape index (κ1) is 21.5. The lowest BCUT2D eigenvalue weighted by Gasteiger charge is -2.12. The summed E-state index contributed by atoms with van der Waals surface area (Å²) in [6.45, 7) is 8.63. The van der Waals surface area contributed by atoms with Gasteiger partial charge in [-0.2, -0.15) is 0 Å². The van der Waals surface area contributed by atoms with Gasteiger partial charge in [-0.25, -0.2) is 4.98 Å². The van der Waals surface area contributed by atoms with Crippen LogP contribution in [0.25, 0.3) is 16.6 Å². The monoisotopic (exact) mass is 408 g/mol. The number of nitrogens with one attached hydrogen (secondary N) is 2. The molecule has 0 aliphatic heterocycles. The maximum atomic E-state index is 13.2. The van der Waals surface area contributed by atoms with Crippen molar-refractivity contribution in [3.8, 4) is 11.4 Å². The van der Waals surface area contributed by atoms with Crippen LogP contribution in [0.15, 0.2) is 47.5 Å². The molecule has 0 bridgehead atoms. The lowest BCUT2D eigenvalue weighted by atomic mass is 10.1. The average molecular weight is 409 g/mol. The summed E-state index contributed by atoms with van der Waals surface area (Å²) >= 11 is 0. The highest BCUT2D eigenvalue weighted by molar-refractivity contribution is 5.94. The molecule has 0 unspecified atom stereocenters. The second-order valence-corrected chi connectivity index (χ2v) is 7.06. The average Bonchev–Trinajstić information content (AvgIpc) is 2.75. The largest absolute Gasteiger partial charge is 0.492 e. The summed E-state index contributed by atoms with van der Waals surface area (Å²) in [6.07, 6.45) is 2.58. The molecule has 0 saturated carbocycles. The second-order valence-electron chi connectivity index (χ2n) is 7.06. The lowest BCUT2D eigenvalue weighted by molar-refractivity contribution is 0.0956.